The standard InChI is InChI=1S/C27H45NO6/c1-15(23(31)32)27(33,34)12-11-26(4,28)21-6-5-18-22-19(8-10-25(18,21)3)24(2)9-7-17(29)13-16(24)14-20(22)30/h14-15,17-22,29-30,33-34H,5-13,28H2,1-4H3,(H,31,32). The zero-order valence-corrected chi connectivity index (χ0v) is 21.2. The van der Waals surface area contributed by atoms with Crippen LogP contribution in [0.15, 0.2) is 11.6 Å². The Kier molecular flexibility index (Phi) is 6.56. The maximum atomic E-state index is 11.3. The Hall–Kier alpha value is -0.990. The first kappa shape index (κ1) is 26.1. The predicted octanol–water partition coefficient (Wildman–Crippen LogP) is 2.80. The Balaban J connectivity index is 1.55. The number of aliphatic hydroxyl groups is 4. The van der Waals surface area contributed by atoms with Crippen LogP contribution in [0.25, 0.3) is 0 Å². The van der Waals surface area contributed by atoms with E-state index in [1.54, 1.807) is 0 Å². The summed E-state index contributed by atoms with van der Waals surface area (Å²) in [4.78, 5) is 11.3. The van der Waals surface area contributed by atoms with Gasteiger partial charge < -0.3 is 31.3 Å². The molecule has 4 aliphatic carbocycles. The summed E-state index contributed by atoms with van der Waals surface area (Å²) in [6.45, 7) is 7.92. The highest BCUT2D eigenvalue weighted by atomic mass is 16.5. The van der Waals surface area contributed by atoms with Crippen molar-refractivity contribution in [3.63, 3.8) is 0 Å². The van der Waals surface area contributed by atoms with E-state index in [1.165, 1.54) is 12.5 Å². The van der Waals surface area contributed by atoms with Crippen molar-refractivity contribution in [1.82, 2.24) is 0 Å². The molecule has 4 rings (SSSR count). The molecule has 0 aromatic rings. The minimum absolute atomic E-state index is 0.0366. The molecule has 4 aliphatic rings. The second-order valence-electron chi connectivity index (χ2n) is 12.9. The minimum Gasteiger partial charge on any atom is -0.481 e. The zero-order chi connectivity index (χ0) is 25.3. The van der Waals surface area contributed by atoms with Crippen LogP contribution in [-0.4, -0.2) is 55.0 Å². The summed E-state index contributed by atoms with van der Waals surface area (Å²) in [5.41, 5.74) is 7.41. The van der Waals surface area contributed by atoms with Gasteiger partial charge in [-0.1, -0.05) is 25.5 Å². The Bertz CT molecular complexity index is 839. The number of rotatable bonds is 6. The van der Waals surface area contributed by atoms with Gasteiger partial charge in [0.1, 0.15) is 5.92 Å². The maximum absolute atomic E-state index is 11.3. The number of fused-ring (bicyclic) bond motifs is 5. The van der Waals surface area contributed by atoms with Crippen LogP contribution >= 0.6 is 0 Å². The molecule has 10 atom stereocenters. The fraction of sp³-hybridized carbons (Fsp3) is 0.889. The minimum atomic E-state index is -2.30. The highest BCUT2D eigenvalue weighted by Gasteiger charge is 2.62. The molecule has 0 heterocycles. The van der Waals surface area contributed by atoms with Crippen molar-refractivity contribution >= 4 is 5.97 Å². The number of nitrogens with two attached hydrogens (primary N) is 1. The third-order valence-electron chi connectivity index (χ3n) is 11.0. The largest absolute Gasteiger partial charge is 0.481 e. The molecule has 0 spiro atoms. The summed E-state index contributed by atoms with van der Waals surface area (Å²) in [6, 6.07) is 0. The van der Waals surface area contributed by atoms with Crippen molar-refractivity contribution in [2.75, 3.05) is 0 Å². The molecule has 10 unspecified atom stereocenters. The summed E-state index contributed by atoms with van der Waals surface area (Å²) in [5, 5.41) is 51.5. The summed E-state index contributed by atoms with van der Waals surface area (Å²) in [5.74, 6) is -3.78. The summed E-state index contributed by atoms with van der Waals surface area (Å²) < 4.78 is 0. The number of hydrogen-bond donors (Lipinski definition) is 6. The quantitative estimate of drug-likeness (QED) is 0.254. The van der Waals surface area contributed by atoms with E-state index in [0.29, 0.717) is 24.7 Å². The lowest BCUT2D eigenvalue weighted by molar-refractivity contribution is -0.212. The van der Waals surface area contributed by atoms with Gasteiger partial charge in [-0.15, -0.1) is 0 Å². The Morgan fingerprint density at radius 2 is 1.79 bits per heavy atom. The molecule has 194 valence electrons. The lowest BCUT2D eigenvalue weighted by Gasteiger charge is -2.60. The van der Waals surface area contributed by atoms with E-state index >= 15 is 0 Å². The second kappa shape index (κ2) is 8.55. The zero-order valence-electron chi connectivity index (χ0n) is 21.2. The van der Waals surface area contributed by atoms with Crippen molar-refractivity contribution in [1.29, 1.82) is 0 Å². The molecule has 7 nitrogen and oxygen atoms in total. The van der Waals surface area contributed by atoms with Gasteiger partial charge in [-0.05, 0) is 99.7 Å². The van der Waals surface area contributed by atoms with E-state index in [4.69, 9.17) is 5.73 Å². The van der Waals surface area contributed by atoms with Crippen LogP contribution in [0.2, 0.25) is 0 Å². The molecule has 34 heavy (non-hydrogen) atoms. The summed E-state index contributed by atoms with van der Waals surface area (Å²) in [6.07, 6.45) is 7.86. The van der Waals surface area contributed by atoms with Crippen LogP contribution in [0.3, 0.4) is 0 Å². The predicted molar refractivity (Wildman–Crippen MR) is 128 cm³/mol. The van der Waals surface area contributed by atoms with Crippen LogP contribution in [0.1, 0.15) is 85.5 Å². The topological polar surface area (TPSA) is 144 Å². The van der Waals surface area contributed by atoms with Crippen molar-refractivity contribution < 1.29 is 30.3 Å². The molecule has 0 aromatic heterocycles. The third-order valence-corrected chi connectivity index (χ3v) is 11.0. The molecule has 0 aromatic carbocycles. The maximum Gasteiger partial charge on any atom is 0.311 e. The first-order chi connectivity index (χ1) is 15.6. The van der Waals surface area contributed by atoms with Crippen LogP contribution in [0.5, 0.6) is 0 Å². The van der Waals surface area contributed by atoms with Crippen molar-refractivity contribution in [3.05, 3.63) is 11.6 Å². The Morgan fingerprint density at radius 1 is 1.12 bits per heavy atom. The number of aliphatic hydroxyl groups excluding tert-OH is 2. The van der Waals surface area contributed by atoms with Gasteiger partial charge >= 0.3 is 5.97 Å². The smallest absolute Gasteiger partial charge is 0.311 e. The Morgan fingerprint density at radius 3 is 2.44 bits per heavy atom. The Labute approximate surface area is 203 Å². The van der Waals surface area contributed by atoms with Gasteiger partial charge in [-0.25, -0.2) is 0 Å². The number of carboxylic acids is 1. The van der Waals surface area contributed by atoms with Gasteiger partial charge in [0.05, 0.1) is 12.2 Å². The van der Waals surface area contributed by atoms with Crippen LogP contribution in [0, 0.1) is 40.4 Å². The van der Waals surface area contributed by atoms with E-state index in [9.17, 15) is 30.3 Å². The highest BCUT2D eigenvalue weighted by Crippen LogP contribution is 2.67. The average molecular weight is 480 g/mol. The SMILES string of the molecule is CC(C(=O)O)C(O)(O)CCC(C)(N)C1CCC2C3C(O)C=C4CC(O)CCC4(C)C3CCC21C. The molecule has 0 amide bonds. The third kappa shape index (κ3) is 4.05. The number of carboxylic acid groups (broad SMARTS) is 1. The summed E-state index contributed by atoms with van der Waals surface area (Å²) in [7, 11) is 0. The van der Waals surface area contributed by atoms with Gasteiger partial charge in [0.15, 0.2) is 5.79 Å². The molecule has 0 aliphatic heterocycles. The first-order valence-electron chi connectivity index (χ1n) is 13.2. The van der Waals surface area contributed by atoms with E-state index in [2.05, 4.69) is 13.8 Å². The fourth-order valence-electron chi connectivity index (χ4n) is 8.75. The number of carbonyl (C=O) groups is 1. The van der Waals surface area contributed by atoms with Crippen molar-refractivity contribution in [3.8, 4) is 0 Å². The molecule has 0 radical (unpaired) electrons. The highest BCUT2D eigenvalue weighted by molar-refractivity contribution is 5.70. The van der Waals surface area contributed by atoms with E-state index in [1.807, 2.05) is 13.0 Å². The monoisotopic (exact) mass is 479 g/mol. The van der Waals surface area contributed by atoms with E-state index < -0.39 is 29.3 Å². The molecule has 7 N–H and O–H groups in total. The van der Waals surface area contributed by atoms with Crippen LogP contribution in [0.4, 0.5) is 0 Å². The van der Waals surface area contributed by atoms with Crippen LogP contribution < -0.4 is 5.73 Å². The molecule has 0 bridgehead atoms. The molecule has 3 saturated carbocycles. The van der Waals surface area contributed by atoms with E-state index in [0.717, 1.165) is 38.5 Å². The van der Waals surface area contributed by atoms with Gasteiger partial charge in [0.25, 0.3) is 0 Å². The average Bonchev–Trinajstić information content (AvgIpc) is 3.11. The lowest BCUT2D eigenvalue weighted by Crippen LogP contribution is -2.58. The van der Waals surface area contributed by atoms with Crippen molar-refractivity contribution in [2.24, 2.45) is 46.2 Å². The fourth-order valence-corrected chi connectivity index (χ4v) is 8.75. The van der Waals surface area contributed by atoms with Gasteiger partial charge in [0.2, 0.25) is 0 Å². The van der Waals surface area contributed by atoms with Gasteiger partial charge in [0, 0.05) is 12.0 Å². The summed E-state index contributed by atoms with van der Waals surface area (Å²) >= 11 is 0. The second-order valence-corrected chi connectivity index (χ2v) is 12.9. The first-order valence-corrected chi connectivity index (χ1v) is 13.2. The van der Waals surface area contributed by atoms with Crippen LogP contribution in [-0.2, 0) is 4.79 Å². The molecule has 0 saturated heterocycles. The molecular formula is C27H45NO6. The normalized spacial score (nSPS) is 44.8. The molecular weight excluding hydrogens is 434 g/mol. The van der Waals surface area contributed by atoms with Crippen molar-refractivity contribution in [2.45, 2.75) is 109 Å². The van der Waals surface area contributed by atoms with Gasteiger partial charge in [-0.3, -0.25) is 4.79 Å². The molecule has 3 fully saturated rings. The molecule has 7 heteroatoms. The number of aliphatic carboxylic acids is 1. The van der Waals surface area contributed by atoms with E-state index in [-0.39, 0.29) is 35.2 Å². The number of hydrogen-bond acceptors (Lipinski definition) is 6. The lowest BCUT2D eigenvalue weighted by atomic mass is 9.46. The van der Waals surface area contributed by atoms with Gasteiger partial charge in [-0.2, -0.15) is 0 Å².